The largest absolute Gasteiger partial charge is 0.394 e. The lowest BCUT2D eigenvalue weighted by Gasteiger charge is -2.50. The molecule has 1 aliphatic heterocycles. The van der Waals surface area contributed by atoms with Crippen LogP contribution in [0.5, 0.6) is 0 Å². The summed E-state index contributed by atoms with van der Waals surface area (Å²) in [5.41, 5.74) is -0.817. The molecule has 1 aromatic rings. The van der Waals surface area contributed by atoms with Gasteiger partial charge in [-0.15, -0.1) is 11.3 Å². The molecule has 1 fully saturated rings. The molecule has 1 aromatic heterocycles. The Balaban J connectivity index is 2.43. The monoisotopic (exact) mass is 373 g/mol. The summed E-state index contributed by atoms with van der Waals surface area (Å²) in [4.78, 5) is 15.2. The van der Waals surface area contributed by atoms with Gasteiger partial charge in [0.2, 0.25) is 5.91 Å². The number of rotatable bonds is 6. The second-order valence-corrected chi connectivity index (χ2v) is 7.72. The zero-order valence-electron chi connectivity index (χ0n) is 14.7. The molecule has 0 bridgehead atoms. The highest BCUT2D eigenvalue weighted by atomic mass is 32.1. The lowest BCUT2D eigenvalue weighted by molar-refractivity contribution is -0.277. The number of thiophene rings is 1. The predicted octanol–water partition coefficient (Wildman–Crippen LogP) is 0.412. The van der Waals surface area contributed by atoms with Gasteiger partial charge in [-0.2, -0.15) is 0 Å². The van der Waals surface area contributed by atoms with Gasteiger partial charge in [0, 0.05) is 11.3 Å². The quantitative estimate of drug-likeness (QED) is 0.575. The number of carbonyl (C=O) groups excluding carboxylic acids is 1. The molecular weight excluding hydrogens is 346 g/mol. The third-order valence-corrected chi connectivity index (χ3v) is 5.81. The molecule has 0 spiro atoms. The SMILES string of the molecule is CCCC(=O)N([C@H]1C(O)O[C@H](CO)[C@@H](O)[C@@H]1O)C(C)(C)c1cccs1. The minimum Gasteiger partial charge on any atom is -0.394 e. The molecule has 0 saturated carbocycles. The highest BCUT2D eigenvalue weighted by Gasteiger charge is 2.51. The van der Waals surface area contributed by atoms with Crippen LogP contribution in [0.15, 0.2) is 17.5 Å². The summed E-state index contributed by atoms with van der Waals surface area (Å²) < 4.78 is 5.26. The number of hydrogen-bond donors (Lipinski definition) is 4. The normalized spacial score (nSPS) is 30.3. The average molecular weight is 373 g/mol. The van der Waals surface area contributed by atoms with Crippen molar-refractivity contribution in [2.75, 3.05) is 6.61 Å². The standard InChI is InChI=1S/C17H27NO6S/c1-4-6-12(20)18(17(2,3)11-7-5-8-25-11)13-15(22)14(21)10(9-19)24-16(13)23/h5,7-8,10,13-16,19,21-23H,4,6,9H2,1-3H3/t10-,13-,14-,15-,16?/m1/s1. The smallest absolute Gasteiger partial charge is 0.223 e. The summed E-state index contributed by atoms with van der Waals surface area (Å²) in [6.45, 7) is 4.99. The highest BCUT2D eigenvalue weighted by Crippen LogP contribution is 2.37. The van der Waals surface area contributed by atoms with Crippen LogP contribution in [-0.2, 0) is 15.1 Å². The Morgan fingerprint density at radius 2 is 2.00 bits per heavy atom. The van der Waals surface area contributed by atoms with Crippen molar-refractivity contribution in [3.05, 3.63) is 22.4 Å². The molecule has 7 nitrogen and oxygen atoms in total. The molecule has 0 aliphatic carbocycles. The zero-order chi connectivity index (χ0) is 18.8. The average Bonchev–Trinajstić information content (AvgIpc) is 3.10. The van der Waals surface area contributed by atoms with Gasteiger partial charge in [-0.05, 0) is 31.7 Å². The van der Waals surface area contributed by atoms with Crippen LogP contribution in [0.3, 0.4) is 0 Å². The molecule has 1 saturated heterocycles. The summed E-state index contributed by atoms with van der Waals surface area (Å²) in [6.07, 6.45) is -4.62. The van der Waals surface area contributed by atoms with E-state index in [1.807, 2.05) is 38.3 Å². The molecule has 2 heterocycles. The van der Waals surface area contributed by atoms with Crippen molar-refractivity contribution in [2.24, 2.45) is 0 Å². The number of hydrogen-bond acceptors (Lipinski definition) is 7. The van der Waals surface area contributed by atoms with E-state index in [2.05, 4.69) is 0 Å². The van der Waals surface area contributed by atoms with Gasteiger partial charge in [0.25, 0.3) is 0 Å². The molecule has 1 unspecified atom stereocenters. The summed E-state index contributed by atoms with van der Waals surface area (Å²) in [5, 5.41) is 42.3. The molecule has 5 atom stereocenters. The Kier molecular flexibility index (Phi) is 6.58. The van der Waals surface area contributed by atoms with Crippen molar-refractivity contribution in [3.8, 4) is 0 Å². The Bertz CT molecular complexity index is 563. The fraction of sp³-hybridized carbons (Fsp3) is 0.706. The second kappa shape index (κ2) is 8.11. The van der Waals surface area contributed by atoms with Gasteiger partial charge in [0.15, 0.2) is 6.29 Å². The number of nitrogens with zero attached hydrogens (tertiary/aromatic N) is 1. The van der Waals surface area contributed by atoms with E-state index in [-0.39, 0.29) is 12.3 Å². The summed E-state index contributed by atoms with van der Waals surface area (Å²) in [7, 11) is 0. The van der Waals surface area contributed by atoms with Crippen LogP contribution in [0.4, 0.5) is 0 Å². The maximum atomic E-state index is 12.9. The molecule has 1 amide bonds. The lowest BCUT2D eigenvalue weighted by atomic mass is 9.89. The highest BCUT2D eigenvalue weighted by molar-refractivity contribution is 7.10. The van der Waals surface area contributed by atoms with Crippen molar-refractivity contribution in [1.29, 1.82) is 0 Å². The first-order valence-electron chi connectivity index (χ1n) is 8.42. The third kappa shape index (κ3) is 3.89. The van der Waals surface area contributed by atoms with Gasteiger partial charge in [-0.3, -0.25) is 4.79 Å². The van der Waals surface area contributed by atoms with E-state index < -0.39 is 42.8 Å². The van der Waals surface area contributed by atoms with E-state index in [0.717, 1.165) is 4.88 Å². The molecule has 25 heavy (non-hydrogen) atoms. The topological polar surface area (TPSA) is 110 Å². The van der Waals surface area contributed by atoms with Crippen LogP contribution in [0, 0.1) is 0 Å². The van der Waals surface area contributed by atoms with E-state index in [1.165, 1.54) is 16.2 Å². The lowest BCUT2D eigenvalue weighted by Crippen LogP contribution is -2.68. The maximum absolute atomic E-state index is 12.9. The van der Waals surface area contributed by atoms with E-state index in [9.17, 15) is 25.2 Å². The van der Waals surface area contributed by atoms with Crippen LogP contribution >= 0.6 is 11.3 Å². The Hall–Kier alpha value is -1.03. The number of aliphatic hydroxyl groups excluding tert-OH is 4. The van der Waals surface area contributed by atoms with Crippen LogP contribution in [0.1, 0.15) is 38.5 Å². The molecule has 4 N–H and O–H groups in total. The summed E-state index contributed by atoms with van der Waals surface area (Å²) in [5.74, 6) is -0.248. The Morgan fingerprint density at radius 3 is 2.52 bits per heavy atom. The van der Waals surface area contributed by atoms with E-state index >= 15 is 0 Å². The van der Waals surface area contributed by atoms with Crippen LogP contribution < -0.4 is 0 Å². The van der Waals surface area contributed by atoms with Crippen LogP contribution in [0.2, 0.25) is 0 Å². The van der Waals surface area contributed by atoms with E-state index in [0.29, 0.717) is 6.42 Å². The van der Waals surface area contributed by atoms with Gasteiger partial charge < -0.3 is 30.1 Å². The zero-order valence-corrected chi connectivity index (χ0v) is 15.5. The third-order valence-electron chi connectivity index (χ3n) is 4.62. The van der Waals surface area contributed by atoms with Crippen LogP contribution in [-0.4, -0.2) is 68.5 Å². The van der Waals surface area contributed by atoms with Crippen molar-refractivity contribution >= 4 is 17.2 Å². The maximum Gasteiger partial charge on any atom is 0.223 e. The van der Waals surface area contributed by atoms with Crippen molar-refractivity contribution in [1.82, 2.24) is 4.90 Å². The molecule has 1 aliphatic rings. The summed E-state index contributed by atoms with van der Waals surface area (Å²) >= 11 is 1.47. The van der Waals surface area contributed by atoms with Gasteiger partial charge >= 0.3 is 0 Å². The minimum absolute atomic E-state index is 0.240. The van der Waals surface area contributed by atoms with E-state index in [1.54, 1.807) is 0 Å². The van der Waals surface area contributed by atoms with Crippen molar-refractivity contribution in [3.63, 3.8) is 0 Å². The molecule has 2 rings (SSSR count). The molecular formula is C17H27NO6S. The predicted molar refractivity (Wildman–Crippen MR) is 92.9 cm³/mol. The number of carbonyl (C=O) groups is 1. The minimum atomic E-state index is -1.52. The Morgan fingerprint density at radius 1 is 1.32 bits per heavy atom. The number of aliphatic hydroxyl groups is 4. The molecule has 142 valence electrons. The van der Waals surface area contributed by atoms with Crippen LogP contribution in [0.25, 0.3) is 0 Å². The van der Waals surface area contributed by atoms with Gasteiger partial charge in [0.1, 0.15) is 24.4 Å². The first-order chi connectivity index (χ1) is 11.8. The van der Waals surface area contributed by atoms with Gasteiger partial charge in [-0.1, -0.05) is 13.0 Å². The fourth-order valence-electron chi connectivity index (χ4n) is 3.29. The number of amides is 1. The van der Waals surface area contributed by atoms with Gasteiger partial charge in [-0.25, -0.2) is 0 Å². The Labute approximate surface area is 151 Å². The molecule has 0 radical (unpaired) electrons. The first kappa shape index (κ1) is 20.3. The summed E-state index contributed by atoms with van der Waals surface area (Å²) in [6, 6.07) is 2.60. The van der Waals surface area contributed by atoms with Crippen molar-refractivity contribution in [2.45, 2.75) is 69.8 Å². The van der Waals surface area contributed by atoms with Crippen molar-refractivity contribution < 1.29 is 30.0 Å². The van der Waals surface area contributed by atoms with E-state index in [4.69, 9.17) is 4.74 Å². The van der Waals surface area contributed by atoms with Gasteiger partial charge in [0.05, 0.1) is 12.1 Å². The first-order valence-corrected chi connectivity index (χ1v) is 9.30. The molecule has 8 heteroatoms. The fourth-order valence-corrected chi connectivity index (χ4v) is 4.14. The second-order valence-electron chi connectivity index (χ2n) is 6.77. The number of ether oxygens (including phenoxy) is 1. The molecule has 0 aromatic carbocycles.